The van der Waals surface area contributed by atoms with E-state index in [-0.39, 0.29) is 0 Å². The van der Waals surface area contributed by atoms with E-state index in [9.17, 15) is 0 Å². The predicted octanol–water partition coefficient (Wildman–Crippen LogP) is 0.170. The monoisotopic (exact) mass is 201 g/mol. The van der Waals surface area contributed by atoms with Crippen molar-refractivity contribution < 1.29 is 14.2 Å². The summed E-state index contributed by atoms with van der Waals surface area (Å²) in [6, 6.07) is 0. The molecule has 2 saturated heterocycles. The molecule has 82 valence electrons. The van der Waals surface area contributed by atoms with Gasteiger partial charge < -0.3 is 19.5 Å². The van der Waals surface area contributed by atoms with Gasteiger partial charge in [0.1, 0.15) is 6.10 Å². The zero-order chi connectivity index (χ0) is 9.64. The Morgan fingerprint density at radius 2 is 2.29 bits per heavy atom. The topological polar surface area (TPSA) is 39.7 Å². The van der Waals surface area contributed by atoms with Crippen LogP contribution >= 0.6 is 0 Å². The van der Waals surface area contributed by atoms with Crippen molar-refractivity contribution in [2.24, 2.45) is 0 Å². The summed E-state index contributed by atoms with van der Waals surface area (Å²) in [5.41, 5.74) is 0. The summed E-state index contributed by atoms with van der Waals surface area (Å²) in [5.74, 6) is 0. The smallest absolute Gasteiger partial charge is 0.104 e. The summed E-state index contributed by atoms with van der Waals surface area (Å²) in [6.07, 6.45) is 3.19. The van der Waals surface area contributed by atoms with Crippen LogP contribution in [0, 0.1) is 0 Å². The number of nitrogens with one attached hydrogen (secondary N) is 1. The predicted molar refractivity (Wildman–Crippen MR) is 52.4 cm³/mol. The highest BCUT2D eigenvalue weighted by molar-refractivity contribution is 4.68. The number of ether oxygens (including phenoxy) is 3. The number of hydrogen-bond acceptors (Lipinski definition) is 4. The summed E-state index contributed by atoms with van der Waals surface area (Å²) in [4.78, 5) is 0. The summed E-state index contributed by atoms with van der Waals surface area (Å²) < 4.78 is 16.0. The Bertz CT molecular complexity index is 155. The molecule has 0 spiro atoms. The average molecular weight is 201 g/mol. The molecule has 0 bridgehead atoms. The van der Waals surface area contributed by atoms with Crippen LogP contribution in [0.1, 0.15) is 12.8 Å². The molecule has 1 unspecified atom stereocenters. The Balaban J connectivity index is 1.39. The van der Waals surface area contributed by atoms with E-state index >= 15 is 0 Å². The van der Waals surface area contributed by atoms with E-state index < -0.39 is 0 Å². The molecule has 14 heavy (non-hydrogen) atoms. The highest BCUT2D eigenvalue weighted by Crippen LogP contribution is 2.10. The van der Waals surface area contributed by atoms with Crippen molar-refractivity contribution in [3.63, 3.8) is 0 Å². The van der Waals surface area contributed by atoms with E-state index in [1.165, 1.54) is 12.8 Å². The van der Waals surface area contributed by atoms with Crippen molar-refractivity contribution in [2.75, 3.05) is 39.5 Å². The minimum absolute atomic E-state index is 0.347. The molecular weight excluding hydrogens is 182 g/mol. The van der Waals surface area contributed by atoms with E-state index in [0.29, 0.717) is 12.2 Å². The SMILES string of the molecule is C1COC(CNCCOC2COC2)C1. The molecule has 4 heteroatoms. The highest BCUT2D eigenvalue weighted by atomic mass is 16.6. The molecule has 2 aliphatic heterocycles. The van der Waals surface area contributed by atoms with Gasteiger partial charge in [-0.25, -0.2) is 0 Å². The lowest BCUT2D eigenvalue weighted by Gasteiger charge is -2.26. The largest absolute Gasteiger partial charge is 0.377 e. The van der Waals surface area contributed by atoms with Crippen molar-refractivity contribution in [1.29, 1.82) is 0 Å². The van der Waals surface area contributed by atoms with E-state index in [1.807, 2.05) is 0 Å². The molecule has 4 nitrogen and oxygen atoms in total. The molecule has 2 fully saturated rings. The molecule has 1 atom stereocenters. The fraction of sp³-hybridized carbons (Fsp3) is 1.00. The Hall–Kier alpha value is -0.160. The lowest BCUT2D eigenvalue weighted by atomic mass is 10.2. The van der Waals surface area contributed by atoms with Crippen LogP contribution in [0.25, 0.3) is 0 Å². The first-order valence-electron chi connectivity index (χ1n) is 5.47. The van der Waals surface area contributed by atoms with E-state index in [0.717, 1.165) is 39.5 Å². The molecule has 0 radical (unpaired) electrons. The zero-order valence-corrected chi connectivity index (χ0v) is 8.54. The van der Waals surface area contributed by atoms with Gasteiger partial charge in [0.05, 0.1) is 25.9 Å². The van der Waals surface area contributed by atoms with Crippen molar-refractivity contribution in [1.82, 2.24) is 5.32 Å². The molecule has 0 amide bonds. The van der Waals surface area contributed by atoms with Gasteiger partial charge in [0, 0.05) is 19.7 Å². The molecule has 1 N–H and O–H groups in total. The first-order chi connectivity index (χ1) is 6.95. The molecule has 0 aromatic rings. The fourth-order valence-electron chi connectivity index (χ4n) is 1.68. The van der Waals surface area contributed by atoms with Crippen LogP contribution in [0.4, 0.5) is 0 Å². The zero-order valence-electron chi connectivity index (χ0n) is 8.54. The van der Waals surface area contributed by atoms with Gasteiger partial charge >= 0.3 is 0 Å². The van der Waals surface area contributed by atoms with Crippen LogP contribution in [-0.2, 0) is 14.2 Å². The van der Waals surface area contributed by atoms with Crippen LogP contribution in [0.15, 0.2) is 0 Å². The van der Waals surface area contributed by atoms with Gasteiger partial charge in [0.25, 0.3) is 0 Å². The third kappa shape index (κ3) is 3.20. The van der Waals surface area contributed by atoms with Gasteiger partial charge in [-0.05, 0) is 12.8 Å². The summed E-state index contributed by atoms with van der Waals surface area (Å²) in [7, 11) is 0. The second-order valence-corrected chi connectivity index (χ2v) is 3.87. The van der Waals surface area contributed by atoms with Gasteiger partial charge in [0.15, 0.2) is 0 Å². The maximum absolute atomic E-state index is 5.51. The minimum atomic E-state index is 0.347. The van der Waals surface area contributed by atoms with Gasteiger partial charge in [-0.1, -0.05) is 0 Å². The molecule has 2 aliphatic rings. The molecule has 0 aromatic heterocycles. The van der Waals surface area contributed by atoms with E-state index in [1.54, 1.807) is 0 Å². The normalized spacial score (nSPS) is 27.9. The number of hydrogen-bond donors (Lipinski definition) is 1. The molecule has 0 saturated carbocycles. The van der Waals surface area contributed by atoms with Crippen molar-refractivity contribution >= 4 is 0 Å². The average Bonchev–Trinajstić information content (AvgIpc) is 2.60. The fourth-order valence-corrected chi connectivity index (χ4v) is 1.68. The second kappa shape index (κ2) is 5.66. The van der Waals surface area contributed by atoms with Crippen LogP contribution in [-0.4, -0.2) is 51.7 Å². The van der Waals surface area contributed by atoms with Crippen LogP contribution in [0.3, 0.4) is 0 Å². The van der Waals surface area contributed by atoms with Gasteiger partial charge in [-0.3, -0.25) is 0 Å². The molecule has 2 heterocycles. The lowest BCUT2D eigenvalue weighted by Crippen LogP contribution is -2.38. The first-order valence-corrected chi connectivity index (χ1v) is 5.47. The van der Waals surface area contributed by atoms with Crippen LogP contribution < -0.4 is 5.32 Å². The number of rotatable bonds is 6. The standard InChI is InChI=1S/C10H19NO3/c1-2-9(13-4-1)6-11-3-5-14-10-7-12-8-10/h9-11H,1-8H2. The Morgan fingerprint density at radius 3 is 2.93 bits per heavy atom. The molecule has 0 aliphatic carbocycles. The van der Waals surface area contributed by atoms with E-state index in [4.69, 9.17) is 14.2 Å². The van der Waals surface area contributed by atoms with Gasteiger partial charge in [0.2, 0.25) is 0 Å². The second-order valence-electron chi connectivity index (χ2n) is 3.87. The highest BCUT2D eigenvalue weighted by Gasteiger charge is 2.18. The molecule has 0 aromatic carbocycles. The van der Waals surface area contributed by atoms with Crippen molar-refractivity contribution in [3.8, 4) is 0 Å². The molecular formula is C10H19NO3. The summed E-state index contributed by atoms with van der Waals surface area (Å²) in [5, 5.41) is 3.34. The van der Waals surface area contributed by atoms with Crippen LogP contribution in [0.2, 0.25) is 0 Å². The summed E-state index contributed by atoms with van der Waals surface area (Å²) >= 11 is 0. The van der Waals surface area contributed by atoms with E-state index in [2.05, 4.69) is 5.32 Å². The summed E-state index contributed by atoms with van der Waals surface area (Å²) in [6.45, 7) is 5.13. The van der Waals surface area contributed by atoms with Gasteiger partial charge in [-0.15, -0.1) is 0 Å². The first kappa shape index (κ1) is 10.4. The van der Waals surface area contributed by atoms with Gasteiger partial charge in [-0.2, -0.15) is 0 Å². The molecule has 2 rings (SSSR count). The maximum atomic E-state index is 5.51. The Morgan fingerprint density at radius 1 is 1.36 bits per heavy atom. The lowest BCUT2D eigenvalue weighted by molar-refractivity contribution is -0.128. The third-order valence-electron chi connectivity index (χ3n) is 2.64. The Kier molecular flexibility index (Phi) is 4.19. The van der Waals surface area contributed by atoms with Crippen molar-refractivity contribution in [3.05, 3.63) is 0 Å². The Labute approximate surface area is 84.9 Å². The van der Waals surface area contributed by atoms with Crippen LogP contribution in [0.5, 0.6) is 0 Å². The minimum Gasteiger partial charge on any atom is -0.377 e. The van der Waals surface area contributed by atoms with Crippen molar-refractivity contribution in [2.45, 2.75) is 25.0 Å². The quantitative estimate of drug-likeness (QED) is 0.622. The maximum Gasteiger partial charge on any atom is 0.104 e. The third-order valence-corrected chi connectivity index (χ3v) is 2.64.